The van der Waals surface area contributed by atoms with Gasteiger partial charge in [0.05, 0.1) is 0 Å². The number of hydrogen-bond acceptors (Lipinski definition) is 3. The first-order chi connectivity index (χ1) is 7.22. The van der Waals surface area contributed by atoms with Crippen molar-refractivity contribution in [3.8, 4) is 6.07 Å². The topological polar surface area (TPSA) is 50.1 Å². The van der Waals surface area contributed by atoms with Gasteiger partial charge in [0.1, 0.15) is 0 Å². The molecule has 0 N–H and O–H groups in total. The Hall–Kier alpha value is -1.04. The summed E-state index contributed by atoms with van der Waals surface area (Å²) in [5.41, 5.74) is 1.43. The van der Waals surface area contributed by atoms with E-state index in [-0.39, 0.29) is 5.97 Å². The van der Waals surface area contributed by atoms with Gasteiger partial charge in [-0.2, -0.15) is 0 Å². The number of ether oxygens (including phenoxy) is 1. The molecule has 1 aromatic rings. The molecule has 4 heteroatoms. The van der Waals surface area contributed by atoms with Crippen LogP contribution < -0.4 is 0 Å². The van der Waals surface area contributed by atoms with Crippen LogP contribution in [0.2, 0.25) is 0 Å². The van der Waals surface area contributed by atoms with Crippen LogP contribution in [0.4, 0.5) is 0 Å². The molecule has 78 valence electrons. The Bertz CT molecular complexity index is 410. The average molecular weight is 268 g/mol. The molecular formula is C11H11NO2Se. The number of fused-ring (bicyclic) bond motifs is 1. The van der Waals surface area contributed by atoms with Crippen LogP contribution in [-0.4, -0.2) is 27.1 Å². The summed E-state index contributed by atoms with van der Waals surface area (Å²) in [5.74, 6) is -0.365. The van der Waals surface area contributed by atoms with Crippen molar-refractivity contribution in [2.45, 2.75) is 19.8 Å². The molecule has 0 unspecified atom stereocenters. The van der Waals surface area contributed by atoms with Gasteiger partial charge < -0.3 is 0 Å². The molecule has 0 spiro atoms. The first kappa shape index (κ1) is 10.5. The van der Waals surface area contributed by atoms with Crippen molar-refractivity contribution in [1.82, 2.24) is 0 Å². The van der Waals surface area contributed by atoms with E-state index < -0.39 is 5.41 Å². The van der Waals surface area contributed by atoms with E-state index in [0.717, 1.165) is 0 Å². The Morgan fingerprint density at radius 2 is 2.20 bits per heavy atom. The first-order valence-corrected chi connectivity index (χ1v) is 6.82. The van der Waals surface area contributed by atoms with Crippen LogP contribution in [0.3, 0.4) is 0 Å². The predicted molar refractivity (Wildman–Crippen MR) is 55.5 cm³/mol. The molecule has 3 nitrogen and oxygen atoms in total. The number of nitriles is 1. The van der Waals surface area contributed by atoms with Crippen molar-refractivity contribution >= 4 is 20.5 Å². The van der Waals surface area contributed by atoms with Gasteiger partial charge in [-0.1, -0.05) is 0 Å². The first-order valence-electron chi connectivity index (χ1n) is 4.84. The second-order valence-electron chi connectivity index (χ2n) is 3.69. The van der Waals surface area contributed by atoms with Crippen LogP contribution in [-0.2, 0) is 22.4 Å². The molecule has 0 atom stereocenters. The van der Waals surface area contributed by atoms with Gasteiger partial charge in [0.2, 0.25) is 0 Å². The standard InChI is InChI=1S/C11H11NO2Se/c1-2-14-10(13)11(7-12)3-8-5-15-6-9(8)4-11/h5-6H,2-4H2,1H3. The summed E-state index contributed by atoms with van der Waals surface area (Å²) in [7, 11) is 0. The zero-order chi connectivity index (χ0) is 10.9. The second-order valence-corrected chi connectivity index (χ2v) is 5.25. The molecule has 1 aliphatic rings. The molecule has 2 rings (SSSR count). The molecule has 1 heterocycles. The van der Waals surface area contributed by atoms with Crippen LogP contribution in [0.15, 0.2) is 9.88 Å². The summed E-state index contributed by atoms with van der Waals surface area (Å²) >= 11 is 0.431. The summed E-state index contributed by atoms with van der Waals surface area (Å²) < 4.78 is 4.97. The van der Waals surface area contributed by atoms with Crippen LogP contribution >= 0.6 is 0 Å². The summed E-state index contributed by atoms with van der Waals surface area (Å²) in [6.45, 7) is 2.10. The fourth-order valence-electron chi connectivity index (χ4n) is 1.91. The maximum absolute atomic E-state index is 11.7. The van der Waals surface area contributed by atoms with E-state index in [0.29, 0.717) is 34.0 Å². The third-order valence-electron chi connectivity index (χ3n) is 2.70. The molecule has 1 aliphatic carbocycles. The van der Waals surface area contributed by atoms with E-state index in [2.05, 4.69) is 15.9 Å². The van der Waals surface area contributed by atoms with Gasteiger partial charge in [-0.05, 0) is 0 Å². The Kier molecular flexibility index (Phi) is 2.68. The van der Waals surface area contributed by atoms with Gasteiger partial charge in [0, 0.05) is 0 Å². The Balaban J connectivity index is 2.25. The summed E-state index contributed by atoms with van der Waals surface area (Å²) in [4.78, 5) is 16.0. The Morgan fingerprint density at radius 1 is 1.60 bits per heavy atom. The molecule has 0 radical (unpaired) electrons. The number of nitrogens with zero attached hydrogens (tertiary/aromatic N) is 1. The number of carbonyl (C=O) groups excluding carboxylic acids is 1. The van der Waals surface area contributed by atoms with Crippen LogP contribution in [0, 0.1) is 16.7 Å². The van der Waals surface area contributed by atoms with Crippen molar-refractivity contribution in [3.63, 3.8) is 0 Å². The molecule has 0 saturated heterocycles. The second kappa shape index (κ2) is 3.84. The molecular weight excluding hydrogens is 257 g/mol. The summed E-state index contributed by atoms with van der Waals surface area (Å²) in [6.07, 6.45) is 1.08. The minimum absolute atomic E-state index is 0.338. The van der Waals surface area contributed by atoms with Crippen LogP contribution in [0.1, 0.15) is 18.1 Å². The van der Waals surface area contributed by atoms with Crippen LogP contribution in [0.25, 0.3) is 0 Å². The molecule has 0 amide bonds. The third kappa shape index (κ3) is 1.62. The average Bonchev–Trinajstić information content (AvgIpc) is 2.75. The van der Waals surface area contributed by atoms with Gasteiger partial charge in [0.15, 0.2) is 0 Å². The fraction of sp³-hybridized carbons (Fsp3) is 0.455. The Morgan fingerprint density at radius 3 is 2.67 bits per heavy atom. The maximum atomic E-state index is 11.7. The number of esters is 1. The van der Waals surface area contributed by atoms with Gasteiger partial charge in [-0.3, -0.25) is 0 Å². The SMILES string of the molecule is CCOC(=O)C1(C#N)Cc2c[se]cc2C1. The molecule has 1 aromatic heterocycles. The van der Waals surface area contributed by atoms with Gasteiger partial charge >= 0.3 is 94.1 Å². The van der Waals surface area contributed by atoms with Gasteiger partial charge in [-0.25, -0.2) is 0 Å². The summed E-state index contributed by atoms with van der Waals surface area (Å²) in [5, 5.41) is 9.17. The monoisotopic (exact) mass is 269 g/mol. The number of rotatable bonds is 2. The normalized spacial score (nSPS) is 16.8. The van der Waals surface area contributed by atoms with Crippen molar-refractivity contribution in [2.24, 2.45) is 5.41 Å². The minimum atomic E-state index is -0.940. The molecule has 0 bridgehead atoms. The van der Waals surface area contributed by atoms with E-state index in [1.807, 2.05) is 0 Å². The fourth-order valence-corrected chi connectivity index (χ4v) is 3.73. The number of hydrogen-bond donors (Lipinski definition) is 0. The third-order valence-corrected chi connectivity index (χ3v) is 4.46. The van der Waals surface area contributed by atoms with E-state index in [1.54, 1.807) is 6.92 Å². The quantitative estimate of drug-likeness (QED) is 0.592. The van der Waals surface area contributed by atoms with Crippen molar-refractivity contribution in [2.75, 3.05) is 6.61 Å². The van der Waals surface area contributed by atoms with Crippen molar-refractivity contribution in [3.05, 3.63) is 21.0 Å². The zero-order valence-corrected chi connectivity index (χ0v) is 10.2. The van der Waals surface area contributed by atoms with Crippen molar-refractivity contribution in [1.29, 1.82) is 5.26 Å². The van der Waals surface area contributed by atoms with Gasteiger partial charge in [-0.15, -0.1) is 0 Å². The van der Waals surface area contributed by atoms with Crippen LogP contribution in [0.5, 0.6) is 0 Å². The molecule has 15 heavy (non-hydrogen) atoms. The zero-order valence-electron chi connectivity index (χ0n) is 8.45. The van der Waals surface area contributed by atoms with E-state index >= 15 is 0 Å². The molecule has 0 fully saturated rings. The van der Waals surface area contributed by atoms with Gasteiger partial charge in [0.25, 0.3) is 0 Å². The molecule has 0 saturated carbocycles. The number of carbonyl (C=O) groups is 1. The predicted octanol–water partition coefficient (Wildman–Crippen LogP) is 0.915. The Labute approximate surface area is 94.4 Å². The van der Waals surface area contributed by atoms with E-state index in [1.165, 1.54) is 11.1 Å². The van der Waals surface area contributed by atoms with Crippen molar-refractivity contribution < 1.29 is 9.53 Å². The molecule has 0 aliphatic heterocycles. The summed E-state index contributed by atoms with van der Waals surface area (Å²) in [6, 6.07) is 2.14. The van der Waals surface area contributed by atoms with E-state index in [4.69, 9.17) is 10.00 Å². The van der Waals surface area contributed by atoms with E-state index in [9.17, 15) is 4.79 Å². The molecule has 0 aromatic carbocycles.